The number of alkyl halides is 3. The summed E-state index contributed by atoms with van der Waals surface area (Å²) in [6.45, 7) is -0.818. The predicted molar refractivity (Wildman–Crippen MR) is 95.0 cm³/mol. The number of halogens is 5. The van der Waals surface area contributed by atoms with E-state index in [0.717, 1.165) is 12.1 Å². The van der Waals surface area contributed by atoms with Gasteiger partial charge in [-0.3, -0.25) is 4.79 Å². The normalized spacial score (nSPS) is 19.5. The van der Waals surface area contributed by atoms with Gasteiger partial charge in [0.25, 0.3) is 11.6 Å². The summed E-state index contributed by atoms with van der Waals surface area (Å²) in [5, 5.41) is 13.9. The van der Waals surface area contributed by atoms with Gasteiger partial charge in [0.1, 0.15) is 11.6 Å². The summed E-state index contributed by atoms with van der Waals surface area (Å²) in [6.07, 6.45) is -6.06. The smallest absolute Gasteiger partial charge is 0.438 e. The molecule has 1 atom stereocenters. The third kappa shape index (κ3) is 4.02. The van der Waals surface area contributed by atoms with Crippen LogP contribution < -0.4 is 4.74 Å². The van der Waals surface area contributed by atoms with Gasteiger partial charge in [0.15, 0.2) is 6.61 Å². The lowest BCUT2D eigenvalue weighted by Gasteiger charge is -2.32. The molecular formula is C18H13BrF4N2O3. The van der Waals surface area contributed by atoms with Gasteiger partial charge in [0.05, 0.1) is 12.1 Å². The highest BCUT2D eigenvalue weighted by molar-refractivity contribution is 9.10. The molecule has 1 amide bonds. The molecule has 0 bridgehead atoms. The molecule has 10 heteroatoms. The second kappa shape index (κ2) is 7.51. The number of carbonyl (C=O) groups excluding carboxylic acids is 1. The largest absolute Gasteiger partial charge is 0.484 e. The summed E-state index contributed by atoms with van der Waals surface area (Å²) in [5.74, 6) is -1.65. The zero-order chi connectivity index (χ0) is 20.5. The first-order chi connectivity index (χ1) is 13.1. The standard InChI is InChI=1S/C18H13BrF4N2O3/c19-12-3-1-11(2-4-12)15-9-17(27,18(21,22)23)25(24-15)16(26)10-28-14-7-5-13(20)6-8-14/h1-8,27H,9-10H2/t17-/m0/s1. The maximum absolute atomic E-state index is 13.5. The van der Waals surface area contributed by atoms with Crippen LogP contribution in [-0.4, -0.2) is 40.2 Å². The maximum atomic E-state index is 13.5. The van der Waals surface area contributed by atoms with Gasteiger partial charge >= 0.3 is 6.18 Å². The minimum Gasteiger partial charge on any atom is -0.484 e. The Kier molecular flexibility index (Phi) is 5.44. The summed E-state index contributed by atoms with van der Waals surface area (Å²) in [4.78, 5) is 12.3. The molecule has 1 N–H and O–H groups in total. The van der Waals surface area contributed by atoms with Crippen molar-refractivity contribution in [3.8, 4) is 5.75 Å². The summed E-state index contributed by atoms with van der Waals surface area (Å²) >= 11 is 3.22. The molecule has 1 aliphatic heterocycles. The Morgan fingerprint density at radius 3 is 2.36 bits per heavy atom. The number of hydrogen-bond donors (Lipinski definition) is 1. The molecule has 5 nitrogen and oxygen atoms in total. The zero-order valence-electron chi connectivity index (χ0n) is 14.1. The fourth-order valence-electron chi connectivity index (χ4n) is 2.57. The maximum Gasteiger partial charge on any atom is 0.438 e. The van der Waals surface area contributed by atoms with Crippen molar-refractivity contribution in [3.05, 3.63) is 64.4 Å². The summed E-state index contributed by atoms with van der Waals surface area (Å²) in [7, 11) is 0. The van der Waals surface area contributed by atoms with E-state index in [2.05, 4.69) is 21.0 Å². The highest BCUT2D eigenvalue weighted by Gasteiger charge is 2.63. The number of hydrazone groups is 1. The van der Waals surface area contributed by atoms with Crippen LogP contribution in [0.1, 0.15) is 12.0 Å². The van der Waals surface area contributed by atoms with Crippen molar-refractivity contribution in [2.45, 2.75) is 18.3 Å². The molecule has 2 aromatic carbocycles. The van der Waals surface area contributed by atoms with Crippen LogP contribution in [0, 0.1) is 5.82 Å². The average molecular weight is 461 g/mol. The van der Waals surface area contributed by atoms with E-state index in [1.165, 1.54) is 24.3 Å². The monoisotopic (exact) mass is 460 g/mol. The van der Waals surface area contributed by atoms with Crippen LogP contribution in [0.5, 0.6) is 5.75 Å². The lowest BCUT2D eigenvalue weighted by molar-refractivity contribution is -0.302. The lowest BCUT2D eigenvalue weighted by Crippen LogP contribution is -2.57. The van der Waals surface area contributed by atoms with Gasteiger partial charge in [-0.1, -0.05) is 28.1 Å². The molecule has 3 rings (SSSR count). The Bertz CT molecular complexity index is 901. The molecule has 2 aromatic rings. The summed E-state index contributed by atoms with van der Waals surface area (Å²) in [5.41, 5.74) is -3.25. The Morgan fingerprint density at radius 1 is 1.18 bits per heavy atom. The highest BCUT2D eigenvalue weighted by Crippen LogP contribution is 2.41. The Balaban J connectivity index is 1.84. The van der Waals surface area contributed by atoms with Gasteiger partial charge in [-0.05, 0) is 42.0 Å². The third-order valence-corrected chi connectivity index (χ3v) is 4.56. The molecule has 1 heterocycles. The molecule has 0 spiro atoms. The second-order valence-electron chi connectivity index (χ2n) is 5.99. The SMILES string of the molecule is O=C(COc1ccc(F)cc1)N1N=C(c2ccc(Br)cc2)C[C@]1(O)C(F)(F)F. The molecule has 0 aliphatic carbocycles. The van der Waals surface area contributed by atoms with Crippen molar-refractivity contribution in [2.75, 3.05) is 6.61 Å². The number of benzene rings is 2. The number of ether oxygens (including phenoxy) is 1. The van der Waals surface area contributed by atoms with E-state index in [9.17, 15) is 27.5 Å². The van der Waals surface area contributed by atoms with Crippen LogP contribution in [0.15, 0.2) is 58.1 Å². The molecule has 0 unspecified atom stereocenters. The zero-order valence-corrected chi connectivity index (χ0v) is 15.7. The topological polar surface area (TPSA) is 62.1 Å². The van der Waals surface area contributed by atoms with Gasteiger partial charge in [0.2, 0.25) is 0 Å². The fourth-order valence-corrected chi connectivity index (χ4v) is 2.83. The van der Waals surface area contributed by atoms with Crippen LogP contribution in [0.2, 0.25) is 0 Å². The van der Waals surface area contributed by atoms with Gasteiger partial charge in [-0.15, -0.1) is 0 Å². The van der Waals surface area contributed by atoms with Crippen molar-refractivity contribution in [1.82, 2.24) is 5.01 Å². The van der Waals surface area contributed by atoms with Crippen LogP contribution in [0.4, 0.5) is 17.6 Å². The molecular weight excluding hydrogens is 448 g/mol. The fraction of sp³-hybridized carbons (Fsp3) is 0.222. The van der Waals surface area contributed by atoms with Crippen LogP contribution >= 0.6 is 15.9 Å². The quantitative estimate of drug-likeness (QED) is 0.704. The van der Waals surface area contributed by atoms with Gasteiger partial charge < -0.3 is 9.84 Å². The lowest BCUT2D eigenvalue weighted by atomic mass is 10.0. The molecule has 28 heavy (non-hydrogen) atoms. The Labute approximate surface area is 165 Å². The first kappa shape index (κ1) is 20.3. The van der Waals surface area contributed by atoms with E-state index in [-0.39, 0.29) is 16.5 Å². The number of aliphatic hydroxyl groups is 1. The molecule has 148 valence electrons. The molecule has 0 radical (unpaired) electrons. The number of rotatable bonds is 4. The first-order valence-corrected chi connectivity index (χ1v) is 8.73. The average Bonchev–Trinajstić information content (AvgIpc) is 3.00. The van der Waals surface area contributed by atoms with Crippen molar-refractivity contribution in [2.24, 2.45) is 5.10 Å². The van der Waals surface area contributed by atoms with E-state index in [0.29, 0.717) is 10.0 Å². The van der Waals surface area contributed by atoms with E-state index >= 15 is 0 Å². The highest BCUT2D eigenvalue weighted by atomic mass is 79.9. The number of hydrogen-bond acceptors (Lipinski definition) is 4. The Hall–Kier alpha value is -2.46. The first-order valence-electron chi connectivity index (χ1n) is 7.94. The number of nitrogens with zero attached hydrogens (tertiary/aromatic N) is 2. The number of amides is 1. The van der Waals surface area contributed by atoms with E-state index < -0.39 is 36.7 Å². The predicted octanol–water partition coefficient (Wildman–Crippen LogP) is 3.85. The van der Waals surface area contributed by atoms with Gasteiger partial charge in [-0.2, -0.15) is 23.3 Å². The number of carbonyl (C=O) groups is 1. The van der Waals surface area contributed by atoms with Crippen molar-refractivity contribution in [1.29, 1.82) is 0 Å². The van der Waals surface area contributed by atoms with E-state index in [1.54, 1.807) is 12.1 Å². The molecule has 1 aliphatic rings. The molecule has 0 fully saturated rings. The third-order valence-electron chi connectivity index (χ3n) is 4.03. The van der Waals surface area contributed by atoms with E-state index in [1.807, 2.05) is 0 Å². The van der Waals surface area contributed by atoms with Crippen LogP contribution in [-0.2, 0) is 4.79 Å². The van der Waals surface area contributed by atoms with Crippen LogP contribution in [0.25, 0.3) is 0 Å². The minimum absolute atomic E-state index is 0.00605. The van der Waals surface area contributed by atoms with Crippen molar-refractivity contribution < 1.29 is 32.2 Å². The molecule has 0 saturated heterocycles. The van der Waals surface area contributed by atoms with Gasteiger partial charge in [-0.25, -0.2) is 4.39 Å². The Morgan fingerprint density at radius 2 is 1.79 bits per heavy atom. The second-order valence-corrected chi connectivity index (χ2v) is 6.91. The molecule has 0 saturated carbocycles. The van der Waals surface area contributed by atoms with E-state index in [4.69, 9.17) is 4.74 Å². The van der Waals surface area contributed by atoms with Crippen LogP contribution in [0.3, 0.4) is 0 Å². The molecule has 0 aromatic heterocycles. The van der Waals surface area contributed by atoms with Crippen molar-refractivity contribution >= 4 is 27.5 Å². The minimum atomic E-state index is -5.14. The summed E-state index contributed by atoms with van der Waals surface area (Å²) < 4.78 is 59.2. The van der Waals surface area contributed by atoms with Gasteiger partial charge in [0, 0.05) is 4.47 Å². The summed E-state index contributed by atoms with van der Waals surface area (Å²) in [6, 6.07) is 10.8. The van der Waals surface area contributed by atoms with Crippen molar-refractivity contribution in [3.63, 3.8) is 0 Å².